The summed E-state index contributed by atoms with van der Waals surface area (Å²) in [6.45, 7) is 6.12. The van der Waals surface area contributed by atoms with Crippen molar-refractivity contribution < 1.29 is 9.47 Å². The number of fused-ring (bicyclic) bond motifs is 2. The predicted molar refractivity (Wildman–Crippen MR) is 219 cm³/mol. The van der Waals surface area contributed by atoms with Crippen LogP contribution in [0.2, 0.25) is 0 Å². The zero-order chi connectivity index (χ0) is 33.2. The van der Waals surface area contributed by atoms with Crippen LogP contribution in [-0.4, -0.2) is 13.2 Å². The van der Waals surface area contributed by atoms with Gasteiger partial charge in [0, 0.05) is 39.7 Å². The van der Waals surface area contributed by atoms with E-state index in [1.807, 2.05) is 45.3 Å². The molecule has 0 aliphatic carbocycles. The summed E-state index contributed by atoms with van der Waals surface area (Å²) < 4.78 is 18.8. The number of thiophene rings is 4. The van der Waals surface area contributed by atoms with E-state index in [0.29, 0.717) is 0 Å². The normalized spacial score (nSPS) is 11.7. The lowest BCUT2D eigenvalue weighted by Crippen LogP contribution is -2.02. The summed E-state index contributed by atoms with van der Waals surface area (Å²) in [6, 6.07) is 13.8. The van der Waals surface area contributed by atoms with Gasteiger partial charge in [0.05, 0.1) is 13.2 Å². The Hall–Kier alpha value is -1.86. The Morgan fingerprint density at radius 3 is 1.12 bits per heavy atom. The van der Waals surface area contributed by atoms with E-state index in [1.54, 1.807) is 0 Å². The van der Waals surface area contributed by atoms with Crippen molar-refractivity contribution in [2.24, 2.45) is 0 Å². The number of unbranched alkanes of at least 4 members (excludes halogenated alkanes) is 18. The van der Waals surface area contributed by atoms with Crippen LogP contribution in [0.5, 0.6) is 11.5 Å². The molecule has 0 saturated heterocycles. The maximum absolute atomic E-state index is 6.68. The first kappa shape index (κ1) is 37.4. The highest BCUT2D eigenvalue weighted by molar-refractivity contribution is 7.29. The summed E-state index contributed by atoms with van der Waals surface area (Å²) in [4.78, 5) is 2.55. The number of hydrogen-bond acceptors (Lipinski definition) is 6. The molecule has 0 aliphatic rings. The van der Waals surface area contributed by atoms with E-state index in [4.69, 9.17) is 9.47 Å². The van der Waals surface area contributed by atoms with E-state index in [-0.39, 0.29) is 0 Å². The minimum Gasteiger partial charge on any atom is -0.493 e. The van der Waals surface area contributed by atoms with Crippen LogP contribution >= 0.6 is 45.3 Å². The average Bonchev–Trinajstić information content (AvgIpc) is 3.89. The van der Waals surface area contributed by atoms with E-state index in [0.717, 1.165) is 37.6 Å². The Morgan fingerprint density at radius 2 is 0.771 bits per heavy atom. The second kappa shape index (κ2) is 21.4. The first-order chi connectivity index (χ1) is 23.8. The molecule has 0 unspecified atom stereocenters. The molecule has 0 atom stereocenters. The summed E-state index contributed by atoms with van der Waals surface area (Å²) >= 11 is 7.39. The summed E-state index contributed by atoms with van der Waals surface area (Å²) in [5, 5.41) is 4.39. The highest BCUT2D eigenvalue weighted by Gasteiger charge is 2.19. The molecule has 5 rings (SSSR count). The minimum absolute atomic E-state index is 0.765. The van der Waals surface area contributed by atoms with Gasteiger partial charge in [-0.2, -0.15) is 0 Å². The third-order valence-corrected chi connectivity index (χ3v) is 13.7. The molecule has 0 N–H and O–H groups in total. The van der Waals surface area contributed by atoms with E-state index >= 15 is 0 Å². The molecule has 0 radical (unpaired) electrons. The van der Waals surface area contributed by atoms with Gasteiger partial charge in [-0.15, -0.1) is 45.3 Å². The second-order valence-electron chi connectivity index (χ2n) is 13.4. The van der Waals surface area contributed by atoms with Gasteiger partial charge in [0.2, 0.25) is 0 Å². The van der Waals surface area contributed by atoms with Crippen LogP contribution in [0.25, 0.3) is 39.7 Å². The first-order valence-corrected chi connectivity index (χ1v) is 22.5. The summed E-state index contributed by atoms with van der Waals surface area (Å²) in [6.07, 6.45) is 26.7. The maximum Gasteiger partial charge on any atom is 0.128 e. The molecular formula is C42H58O2S4. The van der Waals surface area contributed by atoms with Crippen LogP contribution in [0.3, 0.4) is 0 Å². The van der Waals surface area contributed by atoms with E-state index in [2.05, 4.69) is 61.0 Å². The largest absolute Gasteiger partial charge is 0.493 e. The fourth-order valence-corrected chi connectivity index (χ4v) is 10.8. The first-order valence-electron chi connectivity index (χ1n) is 19.1. The molecule has 6 heteroatoms. The van der Waals surface area contributed by atoms with Gasteiger partial charge in [0.1, 0.15) is 11.5 Å². The van der Waals surface area contributed by atoms with Crippen molar-refractivity contribution in [2.75, 3.05) is 13.2 Å². The lowest BCUT2D eigenvalue weighted by atomic mass is 10.1. The molecule has 0 amide bonds. The van der Waals surface area contributed by atoms with Crippen molar-refractivity contribution in [3.05, 3.63) is 47.2 Å². The highest BCUT2D eigenvalue weighted by atomic mass is 32.1. The fraction of sp³-hybridized carbons (Fsp3) is 0.571. The molecule has 2 nitrogen and oxygen atoms in total. The van der Waals surface area contributed by atoms with Crippen LogP contribution in [0.1, 0.15) is 142 Å². The fourth-order valence-electron chi connectivity index (χ4n) is 6.52. The molecule has 1 aromatic carbocycles. The van der Waals surface area contributed by atoms with Crippen LogP contribution in [0.15, 0.2) is 47.2 Å². The molecule has 0 fully saturated rings. The summed E-state index contributed by atoms with van der Waals surface area (Å²) in [7, 11) is 0. The highest BCUT2D eigenvalue weighted by Crippen LogP contribution is 2.47. The Morgan fingerprint density at radius 1 is 0.417 bits per heavy atom. The third-order valence-electron chi connectivity index (χ3n) is 9.40. The van der Waals surface area contributed by atoms with Crippen molar-refractivity contribution in [2.45, 2.75) is 142 Å². The lowest BCUT2D eigenvalue weighted by molar-refractivity contribution is 0.298. The summed E-state index contributed by atoms with van der Waals surface area (Å²) in [5.41, 5.74) is 2.35. The number of ether oxygens (including phenoxy) is 2. The molecule has 0 saturated carbocycles. The van der Waals surface area contributed by atoms with Crippen LogP contribution in [-0.2, 0) is 0 Å². The molecule has 0 spiro atoms. The zero-order valence-electron chi connectivity index (χ0n) is 29.6. The second-order valence-corrected chi connectivity index (χ2v) is 17.5. The molecule has 48 heavy (non-hydrogen) atoms. The average molecular weight is 723 g/mol. The quantitative estimate of drug-likeness (QED) is 0.0529. The van der Waals surface area contributed by atoms with Gasteiger partial charge in [-0.1, -0.05) is 129 Å². The number of benzene rings is 1. The molecule has 4 aromatic heterocycles. The SMILES string of the molecule is CCCCCCCCCCCCOc1cc(-c2cc3sccc3s2)c(OCCCCCCCCCCCC)cc1-c1cc2sccc2s1. The minimum atomic E-state index is 0.765. The van der Waals surface area contributed by atoms with Gasteiger partial charge < -0.3 is 9.47 Å². The monoisotopic (exact) mass is 722 g/mol. The van der Waals surface area contributed by atoms with Crippen LogP contribution in [0.4, 0.5) is 0 Å². The maximum atomic E-state index is 6.68. The molecular weight excluding hydrogens is 665 g/mol. The van der Waals surface area contributed by atoms with Gasteiger partial charge in [0.25, 0.3) is 0 Å². The van der Waals surface area contributed by atoms with Crippen molar-refractivity contribution in [1.82, 2.24) is 0 Å². The third kappa shape index (κ3) is 11.6. The zero-order valence-corrected chi connectivity index (χ0v) is 32.9. The van der Waals surface area contributed by atoms with Crippen molar-refractivity contribution in [3.63, 3.8) is 0 Å². The number of rotatable bonds is 26. The van der Waals surface area contributed by atoms with Crippen LogP contribution in [0, 0.1) is 0 Å². The Balaban J connectivity index is 1.23. The lowest BCUT2D eigenvalue weighted by Gasteiger charge is -2.17. The standard InChI is InChI=1S/C42H58O2S4/c1-3-5-7-9-11-13-15-17-19-21-25-43-35-29-34(40-32-42-38(48-40)24-28-46-42)36(30-33(35)39-31-41-37(47-39)23-27-45-41)44-26-22-20-18-16-14-12-10-8-6-4-2/h23-24,27-32H,3-22,25-26H2,1-2H3. The van der Waals surface area contributed by atoms with Crippen molar-refractivity contribution in [3.8, 4) is 32.4 Å². The van der Waals surface area contributed by atoms with Gasteiger partial charge in [0.15, 0.2) is 0 Å². The van der Waals surface area contributed by atoms with Gasteiger partial charge in [-0.3, -0.25) is 0 Å². The Bertz CT molecular complexity index is 1410. The van der Waals surface area contributed by atoms with Crippen molar-refractivity contribution >= 4 is 64.1 Å². The smallest absolute Gasteiger partial charge is 0.128 e. The van der Waals surface area contributed by atoms with Gasteiger partial charge in [-0.05, 0) is 60.0 Å². The van der Waals surface area contributed by atoms with E-state index in [9.17, 15) is 0 Å². The Labute approximate surface area is 306 Å². The molecule has 0 bridgehead atoms. The molecule has 262 valence electrons. The van der Waals surface area contributed by atoms with Gasteiger partial charge >= 0.3 is 0 Å². The molecule has 5 aromatic rings. The van der Waals surface area contributed by atoms with Gasteiger partial charge in [-0.25, -0.2) is 0 Å². The number of hydrogen-bond donors (Lipinski definition) is 0. The molecule has 4 heterocycles. The Kier molecular flexibility index (Phi) is 16.7. The van der Waals surface area contributed by atoms with Crippen molar-refractivity contribution in [1.29, 1.82) is 0 Å². The topological polar surface area (TPSA) is 18.5 Å². The van der Waals surface area contributed by atoms with E-state index < -0.39 is 0 Å². The van der Waals surface area contributed by atoms with E-state index in [1.165, 1.54) is 155 Å². The summed E-state index contributed by atoms with van der Waals surface area (Å²) in [5.74, 6) is 2.00. The predicted octanol–water partition coefficient (Wildman–Crippen LogP) is 16.2. The molecule has 0 aliphatic heterocycles. The van der Waals surface area contributed by atoms with Crippen LogP contribution < -0.4 is 9.47 Å².